The molecule has 0 fully saturated rings. The summed E-state index contributed by atoms with van der Waals surface area (Å²) in [7, 11) is 0. The Bertz CT molecular complexity index is 677. The fraction of sp³-hybridized carbons (Fsp3) is 0.0667. The van der Waals surface area contributed by atoms with Crippen LogP contribution in [0.3, 0.4) is 0 Å². The van der Waals surface area contributed by atoms with Gasteiger partial charge in [0.05, 0.1) is 18.1 Å². The molecule has 0 bridgehead atoms. The van der Waals surface area contributed by atoms with Gasteiger partial charge < -0.3 is 5.32 Å². The minimum absolute atomic E-state index is 0.112. The Labute approximate surface area is 120 Å². The molecular formula is C15H10ClFN2O. The number of benzene rings is 2. The number of carbonyl (C=O) groups excluding carboxylic acids is 1. The second-order valence-corrected chi connectivity index (χ2v) is 4.55. The van der Waals surface area contributed by atoms with Crippen molar-refractivity contribution in [2.75, 3.05) is 5.32 Å². The van der Waals surface area contributed by atoms with E-state index in [-0.39, 0.29) is 5.56 Å². The molecule has 0 spiro atoms. The summed E-state index contributed by atoms with van der Waals surface area (Å²) in [6.45, 7) is 0. The molecule has 2 aromatic carbocycles. The van der Waals surface area contributed by atoms with Crippen molar-refractivity contribution in [3.05, 3.63) is 64.4 Å². The highest BCUT2D eigenvalue weighted by atomic mass is 35.5. The molecule has 2 rings (SSSR count). The van der Waals surface area contributed by atoms with E-state index in [2.05, 4.69) is 5.32 Å². The van der Waals surface area contributed by atoms with Gasteiger partial charge in [-0.1, -0.05) is 23.7 Å². The van der Waals surface area contributed by atoms with Gasteiger partial charge in [0, 0.05) is 10.7 Å². The van der Waals surface area contributed by atoms with E-state index >= 15 is 0 Å². The normalized spacial score (nSPS) is 9.85. The van der Waals surface area contributed by atoms with Crippen molar-refractivity contribution < 1.29 is 9.18 Å². The average Bonchev–Trinajstić information content (AvgIpc) is 2.44. The Morgan fingerprint density at radius 3 is 2.60 bits per heavy atom. The zero-order chi connectivity index (χ0) is 14.5. The van der Waals surface area contributed by atoms with E-state index < -0.39 is 11.7 Å². The van der Waals surface area contributed by atoms with Gasteiger partial charge >= 0.3 is 0 Å². The third kappa shape index (κ3) is 3.34. The maximum atomic E-state index is 13.5. The Morgan fingerprint density at radius 2 is 1.95 bits per heavy atom. The molecule has 0 unspecified atom stereocenters. The molecule has 0 saturated carbocycles. The Hall–Kier alpha value is -2.38. The predicted molar refractivity (Wildman–Crippen MR) is 75.1 cm³/mol. The fourth-order valence-corrected chi connectivity index (χ4v) is 1.84. The summed E-state index contributed by atoms with van der Waals surface area (Å²) in [5.41, 5.74) is 1.26. The van der Waals surface area contributed by atoms with Crippen molar-refractivity contribution in [1.29, 1.82) is 5.26 Å². The van der Waals surface area contributed by atoms with E-state index in [0.717, 1.165) is 11.6 Å². The van der Waals surface area contributed by atoms with Gasteiger partial charge in [0.1, 0.15) is 5.82 Å². The van der Waals surface area contributed by atoms with Crippen LogP contribution in [0.25, 0.3) is 0 Å². The number of amides is 1. The van der Waals surface area contributed by atoms with Gasteiger partial charge in [-0.3, -0.25) is 4.79 Å². The summed E-state index contributed by atoms with van der Waals surface area (Å²) in [4.78, 5) is 11.9. The zero-order valence-electron chi connectivity index (χ0n) is 10.4. The van der Waals surface area contributed by atoms with E-state index in [4.69, 9.17) is 16.9 Å². The largest absolute Gasteiger partial charge is 0.322 e. The number of nitrogens with zero attached hydrogens (tertiary/aromatic N) is 1. The van der Waals surface area contributed by atoms with Crippen LogP contribution < -0.4 is 5.32 Å². The van der Waals surface area contributed by atoms with Gasteiger partial charge in [-0.25, -0.2) is 4.39 Å². The first-order valence-corrected chi connectivity index (χ1v) is 6.20. The molecule has 0 radical (unpaired) electrons. The van der Waals surface area contributed by atoms with Crippen LogP contribution >= 0.6 is 11.6 Å². The van der Waals surface area contributed by atoms with Crippen molar-refractivity contribution in [1.82, 2.24) is 0 Å². The number of anilines is 1. The number of carbonyl (C=O) groups is 1. The average molecular weight is 289 g/mol. The molecule has 0 aromatic heterocycles. The fourth-order valence-electron chi connectivity index (χ4n) is 1.67. The summed E-state index contributed by atoms with van der Waals surface area (Å²) in [5, 5.41) is 11.4. The van der Waals surface area contributed by atoms with Crippen LogP contribution in [0.4, 0.5) is 10.1 Å². The van der Waals surface area contributed by atoms with Crippen LogP contribution in [-0.2, 0) is 6.42 Å². The summed E-state index contributed by atoms with van der Waals surface area (Å²) < 4.78 is 13.5. The second-order valence-electron chi connectivity index (χ2n) is 4.11. The lowest BCUT2D eigenvalue weighted by molar-refractivity contribution is 0.102. The van der Waals surface area contributed by atoms with Crippen LogP contribution in [0.2, 0.25) is 5.02 Å². The van der Waals surface area contributed by atoms with E-state index in [1.54, 1.807) is 24.3 Å². The summed E-state index contributed by atoms with van der Waals surface area (Å²) in [6, 6.07) is 12.6. The molecule has 100 valence electrons. The number of hydrogen-bond acceptors (Lipinski definition) is 2. The van der Waals surface area contributed by atoms with Gasteiger partial charge in [0.2, 0.25) is 0 Å². The molecule has 20 heavy (non-hydrogen) atoms. The molecule has 0 aliphatic heterocycles. The Kier molecular flexibility index (Phi) is 4.34. The van der Waals surface area contributed by atoms with Crippen LogP contribution in [0.5, 0.6) is 0 Å². The molecular weight excluding hydrogens is 279 g/mol. The third-order valence-electron chi connectivity index (χ3n) is 2.67. The number of nitriles is 1. The van der Waals surface area contributed by atoms with Gasteiger partial charge in [-0.15, -0.1) is 0 Å². The first kappa shape index (κ1) is 14.0. The summed E-state index contributed by atoms with van der Waals surface area (Å²) in [6.07, 6.45) is 0.303. The lowest BCUT2D eigenvalue weighted by atomic mass is 10.1. The SMILES string of the molecule is N#CCc1ccc(NC(=O)c2cc(Cl)ccc2F)cc1. The lowest BCUT2D eigenvalue weighted by Gasteiger charge is -2.07. The van der Waals surface area contributed by atoms with Crippen molar-refractivity contribution in [2.45, 2.75) is 6.42 Å². The van der Waals surface area contributed by atoms with Crippen LogP contribution in [0.1, 0.15) is 15.9 Å². The van der Waals surface area contributed by atoms with Gasteiger partial charge in [0.25, 0.3) is 5.91 Å². The van der Waals surface area contributed by atoms with Crippen molar-refractivity contribution in [3.63, 3.8) is 0 Å². The summed E-state index contributed by atoms with van der Waals surface area (Å²) >= 11 is 5.74. The number of nitrogens with one attached hydrogen (secondary N) is 1. The standard InChI is InChI=1S/C15H10ClFN2O/c16-11-3-6-14(17)13(9-11)15(20)19-12-4-1-10(2-5-12)7-8-18/h1-6,9H,7H2,(H,19,20). The maximum Gasteiger partial charge on any atom is 0.258 e. The third-order valence-corrected chi connectivity index (χ3v) is 2.90. The maximum absolute atomic E-state index is 13.5. The predicted octanol–water partition coefficient (Wildman–Crippen LogP) is 3.80. The molecule has 1 amide bonds. The molecule has 5 heteroatoms. The molecule has 0 saturated heterocycles. The van der Waals surface area contributed by atoms with Crippen molar-refractivity contribution >= 4 is 23.2 Å². The zero-order valence-corrected chi connectivity index (χ0v) is 11.1. The molecule has 3 nitrogen and oxygen atoms in total. The highest BCUT2D eigenvalue weighted by molar-refractivity contribution is 6.31. The minimum Gasteiger partial charge on any atom is -0.322 e. The molecule has 0 aliphatic carbocycles. The van der Waals surface area contributed by atoms with Crippen LogP contribution in [0.15, 0.2) is 42.5 Å². The van der Waals surface area contributed by atoms with Crippen LogP contribution in [-0.4, -0.2) is 5.91 Å². The highest BCUT2D eigenvalue weighted by Gasteiger charge is 2.12. The van der Waals surface area contributed by atoms with E-state index in [9.17, 15) is 9.18 Å². The topological polar surface area (TPSA) is 52.9 Å². The first-order valence-electron chi connectivity index (χ1n) is 5.82. The van der Waals surface area contributed by atoms with Gasteiger partial charge in [-0.2, -0.15) is 5.26 Å². The number of hydrogen-bond donors (Lipinski definition) is 1. The lowest BCUT2D eigenvalue weighted by Crippen LogP contribution is -2.13. The van der Waals surface area contributed by atoms with E-state index in [1.165, 1.54) is 12.1 Å². The molecule has 1 N–H and O–H groups in total. The van der Waals surface area contributed by atoms with E-state index in [1.807, 2.05) is 6.07 Å². The highest BCUT2D eigenvalue weighted by Crippen LogP contribution is 2.17. The molecule has 0 heterocycles. The molecule has 0 aliphatic rings. The smallest absolute Gasteiger partial charge is 0.258 e. The van der Waals surface area contributed by atoms with Gasteiger partial charge in [0.15, 0.2) is 0 Å². The monoisotopic (exact) mass is 288 g/mol. The van der Waals surface area contributed by atoms with Crippen LogP contribution in [0, 0.1) is 17.1 Å². The molecule has 2 aromatic rings. The Morgan fingerprint density at radius 1 is 1.25 bits per heavy atom. The van der Waals surface area contributed by atoms with Crippen molar-refractivity contribution in [2.24, 2.45) is 0 Å². The van der Waals surface area contributed by atoms with E-state index in [0.29, 0.717) is 17.1 Å². The Balaban J connectivity index is 2.15. The minimum atomic E-state index is -0.631. The molecule has 0 atom stereocenters. The quantitative estimate of drug-likeness (QED) is 0.934. The van der Waals surface area contributed by atoms with Gasteiger partial charge in [-0.05, 0) is 35.9 Å². The summed E-state index contributed by atoms with van der Waals surface area (Å²) in [5.74, 6) is -1.20. The number of halogens is 2. The second kappa shape index (κ2) is 6.18. The number of rotatable bonds is 3. The van der Waals surface area contributed by atoms with Crippen molar-refractivity contribution in [3.8, 4) is 6.07 Å². The first-order chi connectivity index (χ1) is 9.60.